The van der Waals surface area contributed by atoms with Gasteiger partial charge in [-0.2, -0.15) is 0 Å². The Hall–Kier alpha value is -7.89. The normalized spacial score (nSPS) is 13.3. The van der Waals surface area contributed by atoms with Crippen LogP contribution in [-0.2, 0) is 21.7 Å². The van der Waals surface area contributed by atoms with Crippen LogP contribution in [0.15, 0.2) is 194 Å². The molecular formula is C74H78N4O. The molecule has 0 bridgehead atoms. The minimum absolute atomic E-state index is 0.0268. The van der Waals surface area contributed by atoms with Gasteiger partial charge in [0.2, 0.25) is 0 Å². The predicted octanol–water partition coefficient (Wildman–Crippen LogP) is 20.4. The van der Waals surface area contributed by atoms with Crippen LogP contribution in [-0.4, -0.2) is 16.2 Å². The first-order valence-corrected chi connectivity index (χ1v) is 28.5. The van der Waals surface area contributed by atoms with Gasteiger partial charge in [-0.1, -0.05) is 200 Å². The Labute approximate surface area is 470 Å². The van der Waals surface area contributed by atoms with E-state index in [-0.39, 0.29) is 21.7 Å². The van der Waals surface area contributed by atoms with Gasteiger partial charge in [0.15, 0.2) is 0 Å². The third-order valence-electron chi connectivity index (χ3n) is 17.0. The summed E-state index contributed by atoms with van der Waals surface area (Å²) in [7, 11) is 0. The van der Waals surface area contributed by atoms with Gasteiger partial charge in [-0.15, -0.1) is 0 Å². The number of aromatic nitrogens is 2. The Morgan fingerprint density at radius 2 is 1.00 bits per heavy atom. The van der Waals surface area contributed by atoms with Gasteiger partial charge in [0, 0.05) is 51.3 Å². The summed E-state index contributed by atoms with van der Waals surface area (Å²) in [5.74, 6) is 3.13. The van der Waals surface area contributed by atoms with E-state index in [1.807, 2.05) is 6.20 Å². The van der Waals surface area contributed by atoms with Crippen molar-refractivity contribution in [1.29, 1.82) is 0 Å². The number of ether oxygens (including phenoxy) is 1. The van der Waals surface area contributed by atoms with Crippen molar-refractivity contribution in [2.45, 2.75) is 130 Å². The molecule has 8 aromatic carbocycles. The van der Waals surface area contributed by atoms with Gasteiger partial charge in [-0.05, 0) is 151 Å². The summed E-state index contributed by atoms with van der Waals surface area (Å²) < 4.78 is 9.38. The number of nitrogens with zero attached hydrogens (tertiary/aromatic N) is 4. The fourth-order valence-corrected chi connectivity index (χ4v) is 11.9. The molecule has 0 unspecified atom stereocenters. The molecule has 0 amide bonds. The monoisotopic (exact) mass is 1040 g/mol. The maximum absolute atomic E-state index is 7.05. The molecule has 400 valence electrons. The maximum Gasteiger partial charge on any atom is 0.137 e. The summed E-state index contributed by atoms with van der Waals surface area (Å²) in [5.41, 5.74) is 19.2. The molecule has 79 heavy (non-hydrogen) atoms. The van der Waals surface area contributed by atoms with Gasteiger partial charge in [-0.25, -0.2) is 4.98 Å². The van der Waals surface area contributed by atoms with Gasteiger partial charge in [0.1, 0.15) is 24.0 Å². The van der Waals surface area contributed by atoms with Gasteiger partial charge in [0.25, 0.3) is 0 Å². The van der Waals surface area contributed by atoms with Gasteiger partial charge < -0.3 is 14.5 Å². The first-order chi connectivity index (χ1) is 37.6. The summed E-state index contributed by atoms with van der Waals surface area (Å²) in [4.78, 5) is 10.1. The number of pyridine rings is 1. The average Bonchev–Trinajstić information content (AvgIpc) is 4.06. The van der Waals surface area contributed by atoms with Crippen LogP contribution >= 0.6 is 0 Å². The van der Waals surface area contributed by atoms with Crippen molar-refractivity contribution in [1.82, 2.24) is 9.55 Å². The minimum atomic E-state index is -0.250. The summed E-state index contributed by atoms with van der Waals surface area (Å²) in [5, 5.41) is 2.32. The quantitative estimate of drug-likeness (QED) is 0.122. The van der Waals surface area contributed by atoms with Crippen molar-refractivity contribution < 1.29 is 4.74 Å². The molecule has 5 heteroatoms. The molecular weight excluding hydrogens is 961 g/mol. The van der Waals surface area contributed by atoms with Crippen LogP contribution in [0.2, 0.25) is 0 Å². The van der Waals surface area contributed by atoms with E-state index in [1.54, 1.807) is 0 Å². The summed E-state index contributed by atoms with van der Waals surface area (Å²) in [6.45, 7) is 33.1. The molecule has 0 fully saturated rings. The minimum Gasteiger partial charge on any atom is -0.457 e. The van der Waals surface area contributed by atoms with Gasteiger partial charge in [-0.3, -0.25) is 4.57 Å². The molecule has 0 atom stereocenters. The zero-order chi connectivity index (χ0) is 55.8. The molecule has 2 aromatic heterocycles. The fourth-order valence-electron chi connectivity index (χ4n) is 11.9. The van der Waals surface area contributed by atoms with Crippen LogP contribution in [0.25, 0.3) is 38.8 Å². The average molecular weight is 1040 g/mol. The summed E-state index contributed by atoms with van der Waals surface area (Å²) >= 11 is 0. The lowest BCUT2D eigenvalue weighted by Crippen LogP contribution is -2.25. The third-order valence-corrected chi connectivity index (χ3v) is 17.0. The van der Waals surface area contributed by atoms with Gasteiger partial charge in [0.05, 0.1) is 22.4 Å². The first-order valence-electron chi connectivity index (χ1n) is 28.5. The number of rotatable bonds is 12. The van der Waals surface area contributed by atoms with E-state index in [0.717, 1.165) is 39.4 Å². The fraction of sp³-hybridized carbons (Fsp3) is 0.284. The van der Waals surface area contributed by atoms with Gasteiger partial charge >= 0.3 is 0 Å². The second-order valence-corrected chi connectivity index (χ2v) is 25.8. The summed E-state index contributed by atoms with van der Waals surface area (Å²) in [6, 6.07) is 69.5. The molecule has 0 spiro atoms. The molecule has 0 saturated carbocycles. The van der Waals surface area contributed by atoms with E-state index < -0.39 is 0 Å². The van der Waals surface area contributed by atoms with Crippen LogP contribution in [0, 0.1) is 0 Å². The number of hydrogen-bond donors (Lipinski definition) is 0. The highest BCUT2D eigenvalue weighted by Crippen LogP contribution is 2.50. The molecule has 10 aromatic rings. The van der Waals surface area contributed by atoms with Crippen molar-refractivity contribution in [2.24, 2.45) is 0 Å². The lowest BCUT2D eigenvalue weighted by Gasteiger charge is -2.29. The molecule has 0 N–H and O–H groups in total. The molecule has 0 saturated heterocycles. The predicted molar refractivity (Wildman–Crippen MR) is 335 cm³/mol. The van der Waals surface area contributed by atoms with Crippen molar-refractivity contribution in [3.05, 3.63) is 239 Å². The number of anilines is 4. The van der Waals surface area contributed by atoms with Crippen LogP contribution in [0.3, 0.4) is 0 Å². The van der Waals surface area contributed by atoms with Crippen LogP contribution in [0.1, 0.15) is 153 Å². The number of hydrogen-bond acceptors (Lipinski definition) is 4. The highest BCUT2D eigenvalue weighted by molar-refractivity contribution is 6.10. The van der Waals surface area contributed by atoms with Crippen LogP contribution in [0.4, 0.5) is 22.7 Å². The van der Waals surface area contributed by atoms with E-state index in [2.05, 4.69) is 299 Å². The first kappa shape index (κ1) is 53.1. The van der Waals surface area contributed by atoms with Crippen LogP contribution in [0.5, 0.6) is 11.5 Å². The Morgan fingerprint density at radius 1 is 0.418 bits per heavy atom. The highest BCUT2D eigenvalue weighted by atomic mass is 16.5. The zero-order valence-electron chi connectivity index (χ0n) is 49.0. The van der Waals surface area contributed by atoms with Crippen molar-refractivity contribution in [3.63, 3.8) is 0 Å². The van der Waals surface area contributed by atoms with E-state index >= 15 is 0 Å². The third kappa shape index (κ3) is 9.92. The molecule has 3 heterocycles. The smallest absolute Gasteiger partial charge is 0.137 e. The largest absolute Gasteiger partial charge is 0.457 e. The lowest BCUT2D eigenvalue weighted by molar-refractivity contribution is 0.483. The van der Waals surface area contributed by atoms with Crippen molar-refractivity contribution in [3.8, 4) is 28.4 Å². The summed E-state index contributed by atoms with van der Waals surface area (Å²) in [6.07, 6.45) is 1.96. The molecule has 5 nitrogen and oxygen atoms in total. The second kappa shape index (κ2) is 20.1. The molecule has 0 radical (unpaired) electrons. The lowest BCUT2D eigenvalue weighted by atomic mass is 9.78. The Balaban J connectivity index is 1.03. The number of benzene rings is 8. The molecule has 1 aliphatic rings. The zero-order valence-corrected chi connectivity index (χ0v) is 49.0. The topological polar surface area (TPSA) is 33.5 Å². The number of fused-ring (bicyclic) bond motifs is 4. The Morgan fingerprint density at radius 3 is 1.61 bits per heavy atom. The molecule has 0 aliphatic carbocycles. The maximum atomic E-state index is 7.05. The second-order valence-electron chi connectivity index (χ2n) is 25.8. The standard InChI is InChI=1S/C74H78N4O/c1-48(2)61-29-22-30-62(49(3)4)70(61)50-31-35-66-68(39-50)76(47-77(66)58-41-55(71(5,6)7)40-56(42-58)72(8,9)10)57-27-21-28-59(45-57)79-60-33-34-63-64-43-53(73(11,12)51-23-17-15-18-24-51)32-36-65(64)78(67(63)46-60)69-44-54(37-38-75-69)74(13,14)52-25-19-16-20-26-52/h15-46,48-49H,47H2,1-14H3. The van der Waals surface area contributed by atoms with Crippen LogP contribution < -0.4 is 14.5 Å². The SMILES string of the molecule is CC(C)c1cccc(C(C)C)c1-c1ccc2c(c1)N(c1cccc(Oc3ccc4c5cc(C(C)(C)c6ccccc6)ccc5n(-c5cc(C(C)(C)c6ccccc6)ccn5)c4c3)c1)CN2c1cc(C(C)(C)C)cc(C(C)(C)C)c1. The Kier molecular flexibility index (Phi) is 13.5. The van der Waals surface area contributed by atoms with E-state index in [9.17, 15) is 0 Å². The molecule has 11 rings (SSSR count). The van der Waals surface area contributed by atoms with E-state index in [1.165, 1.54) is 78.1 Å². The highest BCUT2D eigenvalue weighted by Gasteiger charge is 2.33. The molecule has 1 aliphatic heterocycles. The van der Waals surface area contributed by atoms with Crippen molar-refractivity contribution >= 4 is 44.6 Å². The van der Waals surface area contributed by atoms with E-state index in [0.29, 0.717) is 18.5 Å². The van der Waals surface area contributed by atoms with E-state index in [4.69, 9.17) is 9.72 Å². The van der Waals surface area contributed by atoms with Crippen molar-refractivity contribution in [2.75, 3.05) is 16.5 Å². The Bertz CT molecular complexity index is 3820.